The van der Waals surface area contributed by atoms with Crippen LogP contribution in [-0.2, 0) is 7.05 Å². The molecule has 0 amide bonds. The van der Waals surface area contributed by atoms with Gasteiger partial charge in [0.2, 0.25) is 0 Å². The molecule has 1 aromatic carbocycles. The van der Waals surface area contributed by atoms with E-state index in [1.807, 2.05) is 49.9 Å². The van der Waals surface area contributed by atoms with Gasteiger partial charge in [0.1, 0.15) is 17.3 Å². The maximum Gasteiger partial charge on any atom is 0.144 e. The highest BCUT2D eigenvalue weighted by molar-refractivity contribution is 5.80. The summed E-state index contributed by atoms with van der Waals surface area (Å²) in [5, 5.41) is 0. The van der Waals surface area contributed by atoms with E-state index in [-0.39, 0.29) is 0 Å². The molecule has 0 aliphatic rings. The number of ether oxygens (including phenoxy) is 1. The molecule has 2 rings (SSSR count). The summed E-state index contributed by atoms with van der Waals surface area (Å²) in [6, 6.07) is 5.93. The van der Waals surface area contributed by atoms with Crippen LogP contribution in [0.5, 0.6) is 5.75 Å². The van der Waals surface area contributed by atoms with Crippen LogP contribution < -0.4 is 4.74 Å². The zero-order valence-corrected chi connectivity index (χ0v) is 11.1. The molecule has 0 N–H and O–H groups in total. The van der Waals surface area contributed by atoms with Gasteiger partial charge in [-0.2, -0.15) is 0 Å². The lowest BCUT2D eigenvalue weighted by Gasteiger charge is -2.04. The Labute approximate surface area is 107 Å². The molecule has 0 spiro atoms. The van der Waals surface area contributed by atoms with Crippen LogP contribution in [0.4, 0.5) is 5.69 Å². The molecule has 0 saturated carbocycles. The maximum atomic E-state index is 5.30. The van der Waals surface area contributed by atoms with Gasteiger partial charge in [-0.25, -0.2) is 4.98 Å². The minimum absolute atomic E-state index is 0.777. The number of hydrogen-bond acceptors (Lipinski definition) is 3. The van der Waals surface area contributed by atoms with Gasteiger partial charge in [0.05, 0.1) is 19.0 Å². The van der Waals surface area contributed by atoms with E-state index in [1.165, 1.54) is 0 Å². The number of methoxy groups -OCH3 is 1. The summed E-state index contributed by atoms with van der Waals surface area (Å²) in [7, 11) is 3.62. The van der Waals surface area contributed by atoms with Crippen LogP contribution in [0.1, 0.15) is 17.1 Å². The highest BCUT2D eigenvalue weighted by Gasteiger charge is 2.02. The highest BCUT2D eigenvalue weighted by Crippen LogP contribution is 2.27. The summed E-state index contributed by atoms with van der Waals surface area (Å²) < 4.78 is 7.27. The Kier molecular flexibility index (Phi) is 3.46. The Hall–Kier alpha value is -2.10. The molecular weight excluding hydrogens is 226 g/mol. The second kappa shape index (κ2) is 5.04. The standard InChI is InChI=1S/C14H17N3O/c1-10-5-6-13(14(7-10)18-4)15-8-12-9-17(3)11(2)16-12/h5-9H,1-4H3. The van der Waals surface area contributed by atoms with Crippen LogP contribution in [0.3, 0.4) is 0 Å². The third-order valence-corrected chi connectivity index (χ3v) is 2.80. The number of rotatable bonds is 3. The van der Waals surface area contributed by atoms with Gasteiger partial charge in [0.15, 0.2) is 0 Å². The molecular formula is C14H17N3O. The molecule has 4 heteroatoms. The van der Waals surface area contributed by atoms with Gasteiger partial charge in [0.25, 0.3) is 0 Å². The number of benzene rings is 1. The molecule has 1 aromatic heterocycles. The van der Waals surface area contributed by atoms with Crippen molar-refractivity contribution < 1.29 is 4.74 Å². The van der Waals surface area contributed by atoms with Crippen molar-refractivity contribution in [3.05, 3.63) is 41.5 Å². The van der Waals surface area contributed by atoms with E-state index in [2.05, 4.69) is 9.98 Å². The van der Waals surface area contributed by atoms with Crippen molar-refractivity contribution in [1.82, 2.24) is 9.55 Å². The zero-order valence-electron chi connectivity index (χ0n) is 11.1. The lowest BCUT2D eigenvalue weighted by atomic mass is 10.2. The number of hydrogen-bond donors (Lipinski definition) is 0. The van der Waals surface area contributed by atoms with Gasteiger partial charge in [-0.3, -0.25) is 4.99 Å². The maximum absolute atomic E-state index is 5.30. The van der Waals surface area contributed by atoms with E-state index in [4.69, 9.17) is 4.74 Å². The van der Waals surface area contributed by atoms with E-state index in [9.17, 15) is 0 Å². The Morgan fingerprint density at radius 3 is 2.72 bits per heavy atom. The summed E-state index contributed by atoms with van der Waals surface area (Å²) >= 11 is 0. The van der Waals surface area contributed by atoms with E-state index >= 15 is 0 Å². The van der Waals surface area contributed by atoms with E-state index in [1.54, 1.807) is 13.3 Å². The SMILES string of the molecule is COc1cc(C)ccc1N=Cc1cn(C)c(C)n1. The molecule has 2 aromatic rings. The van der Waals surface area contributed by atoms with Gasteiger partial charge in [0, 0.05) is 13.2 Å². The Bertz CT molecular complexity index is 565. The molecule has 18 heavy (non-hydrogen) atoms. The predicted molar refractivity (Wildman–Crippen MR) is 72.9 cm³/mol. The van der Waals surface area contributed by atoms with Crippen molar-refractivity contribution in [2.75, 3.05) is 7.11 Å². The zero-order chi connectivity index (χ0) is 13.1. The first-order chi connectivity index (χ1) is 8.60. The van der Waals surface area contributed by atoms with Crippen molar-refractivity contribution in [1.29, 1.82) is 0 Å². The second-order valence-electron chi connectivity index (χ2n) is 4.26. The third kappa shape index (κ3) is 2.59. The number of aliphatic imine (C=N–C) groups is 1. The highest BCUT2D eigenvalue weighted by atomic mass is 16.5. The van der Waals surface area contributed by atoms with Crippen LogP contribution in [0.2, 0.25) is 0 Å². The van der Waals surface area contributed by atoms with Crippen molar-refractivity contribution in [3.63, 3.8) is 0 Å². The first kappa shape index (κ1) is 12.4. The fraction of sp³-hybridized carbons (Fsp3) is 0.286. The van der Waals surface area contributed by atoms with Crippen LogP contribution in [-0.4, -0.2) is 22.9 Å². The fourth-order valence-electron chi connectivity index (χ4n) is 1.68. The molecule has 0 atom stereocenters. The fourth-order valence-corrected chi connectivity index (χ4v) is 1.68. The van der Waals surface area contributed by atoms with Crippen molar-refractivity contribution in [3.8, 4) is 5.75 Å². The van der Waals surface area contributed by atoms with Gasteiger partial charge in [-0.05, 0) is 31.5 Å². The molecule has 0 saturated heterocycles. The van der Waals surface area contributed by atoms with Gasteiger partial charge in [-0.1, -0.05) is 6.07 Å². The predicted octanol–water partition coefficient (Wildman–Crippen LogP) is 2.80. The second-order valence-corrected chi connectivity index (χ2v) is 4.26. The van der Waals surface area contributed by atoms with Crippen molar-refractivity contribution >= 4 is 11.9 Å². The lowest BCUT2D eigenvalue weighted by molar-refractivity contribution is 0.416. The summed E-state index contributed by atoms with van der Waals surface area (Å²) in [5.41, 5.74) is 2.81. The van der Waals surface area contributed by atoms with Crippen LogP contribution >= 0.6 is 0 Å². The van der Waals surface area contributed by atoms with E-state index in [0.29, 0.717) is 0 Å². The van der Waals surface area contributed by atoms with Gasteiger partial charge in [-0.15, -0.1) is 0 Å². The van der Waals surface area contributed by atoms with E-state index in [0.717, 1.165) is 28.5 Å². The molecule has 4 nitrogen and oxygen atoms in total. The number of aryl methyl sites for hydroxylation is 3. The molecule has 0 fully saturated rings. The largest absolute Gasteiger partial charge is 0.494 e. The minimum atomic E-state index is 0.777. The normalized spacial score (nSPS) is 11.1. The molecule has 1 heterocycles. The molecule has 94 valence electrons. The Morgan fingerprint density at radius 1 is 1.33 bits per heavy atom. The monoisotopic (exact) mass is 243 g/mol. The average Bonchev–Trinajstić information content (AvgIpc) is 2.67. The summed E-state index contributed by atoms with van der Waals surface area (Å²) in [4.78, 5) is 8.79. The van der Waals surface area contributed by atoms with Crippen LogP contribution in [0, 0.1) is 13.8 Å². The quantitative estimate of drug-likeness (QED) is 0.778. The number of imidazole rings is 1. The average molecular weight is 243 g/mol. The molecule has 0 aliphatic heterocycles. The number of aromatic nitrogens is 2. The van der Waals surface area contributed by atoms with Crippen LogP contribution in [0.25, 0.3) is 0 Å². The summed E-state index contributed by atoms with van der Waals surface area (Å²) in [6.07, 6.45) is 3.69. The number of nitrogens with zero attached hydrogens (tertiary/aromatic N) is 3. The Morgan fingerprint density at radius 2 is 2.11 bits per heavy atom. The van der Waals surface area contributed by atoms with Crippen molar-refractivity contribution in [2.45, 2.75) is 13.8 Å². The first-order valence-electron chi connectivity index (χ1n) is 5.79. The first-order valence-corrected chi connectivity index (χ1v) is 5.79. The summed E-state index contributed by atoms with van der Waals surface area (Å²) in [5.74, 6) is 1.74. The summed E-state index contributed by atoms with van der Waals surface area (Å²) in [6.45, 7) is 3.99. The minimum Gasteiger partial charge on any atom is -0.494 e. The smallest absolute Gasteiger partial charge is 0.144 e. The van der Waals surface area contributed by atoms with E-state index < -0.39 is 0 Å². The molecule has 0 radical (unpaired) electrons. The van der Waals surface area contributed by atoms with Gasteiger partial charge >= 0.3 is 0 Å². The molecule has 0 aliphatic carbocycles. The van der Waals surface area contributed by atoms with Gasteiger partial charge < -0.3 is 9.30 Å². The lowest BCUT2D eigenvalue weighted by Crippen LogP contribution is -1.86. The Balaban J connectivity index is 2.28. The topological polar surface area (TPSA) is 39.4 Å². The molecule has 0 unspecified atom stereocenters. The van der Waals surface area contributed by atoms with Crippen molar-refractivity contribution in [2.24, 2.45) is 12.0 Å². The third-order valence-electron chi connectivity index (χ3n) is 2.80. The van der Waals surface area contributed by atoms with Crippen LogP contribution in [0.15, 0.2) is 29.4 Å². The molecule has 0 bridgehead atoms.